The number of carboxylic acid groups (broad SMARTS) is 1. The molecule has 0 aliphatic heterocycles. The van der Waals surface area contributed by atoms with Gasteiger partial charge in [0.05, 0.1) is 11.3 Å². The SMILES string of the molecule is Cc1cccc(C)c1-c1cc(OC[C@@H](CC(C)(C)C)NC2CC3(C2)CC(C(C)(C)O)C3)nc(NS(=O)(=O)c2cccc(C(=O)O)n2)n1. The van der Waals surface area contributed by atoms with Crippen molar-refractivity contribution in [2.45, 2.75) is 103 Å². The van der Waals surface area contributed by atoms with E-state index in [2.05, 4.69) is 45.8 Å². The van der Waals surface area contributed by atoms with Crippen LogP contribution in [0, 0.1) is 30.6 Å². The molecule has 0 amide bonds. The summed E-state index contributed by atoms with van der Waals surface area (Å²) >= 11 is 0. The van der Waals surface area contributed by atoms with Gasteiger partial charge in [0.25, 0.3) is 10.0 Å². The summed E-state index contributed by atoms with van der Waals surface area (Å²) in [7, 11) is -4.33. The van der Waals surface area contributed by atoms with Gasteiger partial charge in [0.1, 0.15) is 12.3 Å². The van der Waals surface area contributed by atoms with E-state index in [1.54, 1.807) is 6.07 Å². The topological polar surface area (TPSA) is 164 Å². The molecule has 4 N–H and O–H groups in total. The fourth-order valence-electron chi connectivity index (χ4n) is 7.09. The normalized spacial score (nSPS) is 21.9. The lowest BCUT2D eigenvalue weighted by molar-refractivity contribution is -0.130. The quantitative estimate of drug-likeness (QED) is 0.187. The number of rotatable bonds is 12. The lowest BCUT2D eigenvalue weighted by atomic mass is 9.47. The highest BCUT2D eigenvalue weighted by Gasteiger charge is 2.56. The highest BCUT2D eigenvalue weighted by molar-refractivity contribution is 7.92. The van der Waals surface area contributed by atoms with Gasteiger partial charge >= 0.3 is 5.97 Å². The molecule has 2 saturated carbocycles. The van der Waals surface area contributed by atoms with Crippen molar-refractivity contribution in [3.05, 3.63) is 59.3 Å². The number of pyridine rings is 1. The highest BCUT2D eigenvalue weighted by Crippen LogP contribution is 2.61. The van der Waals surface area contributed by atoms with Crippen LogP contribution in [-0.4, -0.2) is 63.8 Å². The molecule has 12 heteroatoms. The zero-order valence-electron chi connectivity index (χ0n) is 28.3. The molecular formula is C35H47N5O6S. The Morgan fingerprint density at radius 2 is 1.64 bits per heavy atom. The number of aromatic nitrogens is 3. The van der Waals surface area contributed by atoms with Crippen molar-refractivity contribution in [3.63, 3.8) is 0 Å². The van der Waals surface area contributed by atoms with Gasteiger partial charge in [-0.1, -0.05) is 45.0 Å². The molecule has 1 spiro atoms. The van der Waals surface area contributed by atoms with Gasteiger partial charge in [-0.15, -0.1) is 0 Å². The first-order valence-corrected chi connectivity index (χ1v) is 17.6. The van der Waals surface area contributed by atoms with Crippen molar-refractivity contribution < 1.29 is 28.2 Å². The second-order valence-electron chi connectivity index (χ2n) is 15.3. The zero-order valence-corrected chi connectivity index (χ0v) is 29.1. The lowest BCUT2D eigenvalue weighted by Gasteiger charge is -2.61. The summed E-state index contributed by atoms with van der Waals surface area (Å²) in [6, 6.07) is 11.7. The molecule has 1 aromatic carbocycles. The number of aryl methyl sites for hydroxylation is 2. The number of benzene rings is 1. The Morgan fingerprint density at radius 3 is 2.23 bits per heavy atom. The van der Waals surface area contributed by atoms with E-state index >= 15 is 0 Å². The van der Waals surface area contributed by atoms with Crippen LogP contribution in [0.3, 0.4) is 0 Å². The maximum Gasteiger partial charge on any atom is 0.354 e. The number of ether oxygens (including phenoxy) is 1. The van der Waals surface area contributed by atoms with Crippen LogP contribution in [0.15, 0.2) is 47.5 Å². The first kappa shape index (κ1) is 34.7. The Hall–Kier alpha value is -3.61. The van der Waals surface area contributed by atoms with Crippen LogP contribution in [0.1, 0.15) is 88.3 Å². The van der Waals surface area contributed by atoms with Gasteiger partial charge in [0.15, 0.2) is 5.03 Å². The largest absolute Gasteiger partial charge is 0.477 e. The van der Waals surface area contributed by atoms with Crippen molar-refractivity contribution >= 4 is 21.9 Å². The van der Waals surface area contributed by atoms with E-state index in [-0.39, 0.29) is 23.3 Å². The first-order chi connectivity index (χ1) is 21.8. The van der Waals surface area contributed by atoms with Crippen molar-refractivity contribution in [2.24, 2.45) is 16.7 Å². The van der Waals surface area contributed by atoms with Gasteiger partial charge in [0, 0.05) is 23.7 Å². The van der Waals surface area contributed by atoms with Crippen LogP contribution in [0.2, 0.25) is 0 Å². The average molecular weight is 666 g/mol. The molecule has 2 aliphatic rings. The molecule has 2 heterocycles. The standard InChI is InChI=1S/C35H47N5O6S/c1-21-10-8-11-22(2)30(21)27-14-28(39-32(38-27)40-47(44,45)29-13-9-12-26(37-29)31(41)42)46-20-25(17-33(3,4)5)36-24-18-35(19-24)15-23(16-35)34(6,7)43/h8-14,23-25,36,43H,15-20H2,1-7H3,(H,41,42)(H,38,39,40)/t23?,24?,25-,35?/m1/s1. The van der Waals surface area contributed by atoms with E-state index < -0.39 is 32.3 Å². The lowest BCUT2D eigenvalue weighted by Crippen LogP contribution is -2.60. The molecule has 2 aliphatic carbocycles. The fraction of sp³-hybridized carbons (Fsp3) is 0.543. The summed E-state index contributed by atoms with van der Waals surface area (Å²) in [5.74, 6) is -0.993. The maximum absolute atomic E-state index is 13.3. The number of aliphatic hydroxyl groups is 1. The Morgan fingerprint density at radius 1 is 1.00 bits per heavy atom. The van der Waals surface area contributed by atoms with Gasteiger partial charge in [-0.3, -0.25) is 0 Å². The molecule has 2 fully saturated rings. The molecule has 0 radical (unpaired) electrons. The van der Waals surface area contributed by atoms with Gasteiger partial charge in [0.2, 0.25) is 11.8 Å². The van der Waals surface area contributed by atoms with E-state index in [1.807, 2.05) is 45.9 Å². The number of sulfonamides is 1. The zero-order chi connectivity index (χ0) is 34.4. The van der Waals surface area contributed by atoms with Crippen LogP contribution in [-0.2, 0) is 10.0 Å². The minimum Gasteiger partial charge on any atom is -0.477 e. The minimum absolute atomic E-state index is 0.0178. The molecular weight excluding hydrogens is 618 g/mol. The summed E-state index contributed by atoms with van der Waals surface area (Å²) in [5, 5.41) is 23.1. The smallest absolute Gasteiger partial charge is 0.354 e. The van der Waals surface area contributed by atoms with Crippen LogP contribution >= 0.6 is 0 Å². The van der Waals surface area contributed by atoms with Gasteiger partial charge in [-0.2, -0.15) is 13.4 Å². The maximum atomic E-state index is 13.3. The van der Waals surface area contributed by atoms with Crippen LogP contribution < -0.4 is 14.8 Å². The second kappa shape index (κ2) is 12.8. The summed E-state index contributed by atoms with van der Waals surface area (Å²) in [5.41, 5.74) is 2.55. The van der Waals surface area contributed by atoms with E-state index in [4.69, 9.17) is 4.74 Å². The number of nitrogens with one attached hydrogen (secondary N) is 2. The summed E-state index contributed by atoms with van der Waals surface area (Å²) in [6.07, 6.45) is 5.13. The van der Waals surface area contributed by atoms with Gasteiger partial charge in [-0.05, 0) is 99.8 Å². The van der Waals surface area contributed by atoms with E-state index in [1.165, 1.54) is 18.2 Å². The van der Waals surface area contributed by atoms with E-state index in [0.29, 0.717) is 29.7 Å². The number of carboxylic acids is 1. The summed E-state index contributed by atoms with van der Waals surface area (Å²) < 4.78 is 35.3. The van der Waals surface area contributed by atoms with E-state index in [9.17, 15) is 23.4 Å². The molecule has 0 bridgehead atoms. The number of hydrogen-bond acceptors (Lipinski definition) is 9. The van der Waals surface area contributed by atoms with Crippen LogP contribution in [0.5, 0.6) is 5.88 Å². The predicted octanol–water partition coefficient (Wildman–Crippen LogP) is 5.76. The Kier molecular flexibility index (Phi) is 9.44. The third kappa shape index (κ3) is 8.28. The molecule has 47 heavy (non-hydrogen) atoms. The molecule has 0 unspecified atom stereocenters. The van der Waals surface area contributed by atoms with Gasteiger partial charge in [-0.25, -0.2) is 19.5 Å². The number of nitrogens with zero attached hydrogens (tertiary/aromatic N) is 3. The fourth-order valence-corrected chi connectivity index (χ4v) is 8.01. The van der Waals surface area contributed by atoms with Crippen molar-refractivity contribution in [1.29, 1.82) is 0 Å². The Bertz CT molecular complexity index is 1710. The number of carbonyl (C=O) groups is 1. The minimum atomic E-state index is -4.33. The van der Waals surface area contributed by atoms with Crippen molar-refractivity contribution in [3.8, 4) is 17.1 Å². The molecule has 1 atom stereocenters. The molecule has 2 aromatic heterocycles. The van der Waals surface area contributed by atoms with Crippen molar-refractivity contribution in [2.75, 3.05) is 11.3 Å². The number of aromatic carboxylic acids is 1. The number of anilines is 1. The van der Waals surface area contributed by atoms with Crippen molar-refractivity contribution in [1.82, 2.24) is 20.3 Å². The molecule has 3 aromatic rings. The Balaban J connectivity index is 1.37. The molecule has 254 valence electrons. The molecule has 11 nitrogen and oxygen atoms in total. The van der Waals surface area contributed by atoms with Crippen LogP contribution in [0.4, 0.5) is 5.95 Å². The van der Waals surface area contributed by atoms with Gasteiger partial charge < -0.3 is 20.3 Å². The predicted molar refractivity (Wildman–Crippen MR) is 180 cm³/mol. The highest BCUT2D eigenvalue weighted by atomic mass is 32.2. The monoisotopic (exact) mass is 665 g/mol. The summed E-state index contributed by atoms with van der Waals surface area (Å²) in [4.78, 5) is 24.2. The summed E-state index contributed by atoms with van der Waals surface area (Å²) in [6.45, 7) is 14.6. The van der Waals surface area contributed by atoms with Crippen LogP contribution in [0.25, 0.3) is 11.3 Å². The average Bonchev–Trinajstić information content (AvgIpc) is 2.90. The van der Waals surface area contributed by atoms with E-state index in [0.717, 1.165) is 48.8 Å². The molecule has 0 saturated heterocycles. The Labute approximate surface area is 277 Å². The number of hydrogen-bond donors (Lipinski definition) is 4. The first-order valence-electron chi connectivity index (χ1n) is 16.1. The second-order valence-corrected chi connectivity index (χ2v) is 16.9. The third-order valence-electron chi connectivity index (χ3n) is 9.36. The third-order valence-corrected chi connectivity index (χ3v) is 10.6. The molecule has 5 rings (SSSR count).